The molecule has 0 saturated carbocycles. The number of rotatable bonds is 4. The number of methoxy groups -OCH3 is 1. The summed E-state index contributed by atoms with van der Waals surface area (Å²) in [6.45, 7) is 2.15. The van der Waals surface area contributed by atoms with Crippen LogP contribution in [0.5, 0.6) is 0 Å². The van der Waals surface area contributed by atoms with Gasteiger partial charge in [-0.3, -0.25) is 0 Å². The topological polar surface area (TPSA) is 9.23 Å². The molecule has 0 aromatic heterocycles. The lowest BCUT2D eigenvalue weighted by molar-refractivity contribution is 0.0998. The predicted octanol–water partition coefficient (Wildman–Crippen LogP) is 2.65. The van der Waals surface area contributed by atoms with E-state index in [0.29, 0.717) is 6.10 Å². The standard InChI is InChI=1S/C11H16O/c1-3-11(12-2)9-10-7-5-4-6-8-10/h4-8,11H,3,9H2,1-2H3. The normalized spacial score (nSPS) is 12.8. The van der Waals surface area contributed by atoms with Gasteiger partial charge in [0.2, 0.25) is 0 Å². The second kappa shape index (κ2) is 4.94. The Labute approximate surface area is 74.4 Å². The summed E-state index contributed by atoms with van der Waals surface area (Å²) in [6, 6.07) is 10.5. The quantitative estimate of drug-likeness (QED) is 0.664. The third-order valence-corrected chi connectivity index (χ3v) is 2.09. The van der Waals surface area contributed by atoms with E-state index in [2.05, 4.69) is 31.2 Å². The maximum atomic E-state index is 5.30. The van der Waals surface area contributed by atoms with Gasteiger partial charge in [-0.05, 0) is 18.4 Å². The molecule has 0 spiro atoms. The molecule has 66 valence electrons. The van der Waals surface area contributed by atoms with Gasteiger partial charge in [0, 0.05) is 7.11 Å². The van der Waals surface area contributed by atoms with Crippen LogP contribution in [0.3, 0.4) is 0 Å². The predicted molar refractivity (Wildman–Crippen MR) is 51.2 cm³/mol. The molecular formula is C11H16O. The molecule has 1 rings (SSSR count). The van der Waals surface area contributed by atoms with Crippen molar-refractivity contribution in [3.05, 3.63) is 35.9 Å². The van der Waals surface area contributed by atoms with E-state index < -0.39 is 0 Å². The maximum absolute atomic E-state index is 5.30. The summed E-state index contributed by atoms with van der Waals surface area (Å²) >= 11 is 0. The van der Waals surface area contributed by atoms with E-state index in [1.807, 2.05) is 6.07 Å². The first-order valence-corrected chi connectivity index (χ1v) is 4.43. The van der Waals surface area contributed by atoms with E-state index in [0.717, 1.165) is 12.8 Å². The second-order valence-electron chi connectivity index (χ2n) is 2.96. The van der Waals surface area contributed by atoms with Gasteiger partial charge in [0.1, 0.15) is 0 Å². The lowest BCUT2D eigenvalue weighted by Crippen LogP contribution is -2.12. The van der Waals surface area contributed by atoms with Crippen LogP contribution >= 0.6 is 0 Å². The van der Waals surface area contributed by atoms with Crippen molar-refractivity contribution in [2.45, 2.75) is 25.9 Å². The Morgan fingerprint density at radius 2 is 1.92 bits per heavy atom. The van der Waals surface area contributed by atoms with Gasteiger partial charge in [0.25, 0.3) is 0 Å². The third kappa shape index (κ3) is 2.67. The lowest BCUT2D eigenvalue weighted by Gasteiger charge is -2.12. The van der Waals surface area contributed by atoms with Gasteiger partial charge in [-0.2, -0.15) is 0 Å². The van der Waals surface area contributed by atoms with Gasteiger partial charge in [0.15, 0.2) is 0 Å². The van der Waals surface area contributed by atoms with E-state index in [4.69, 9.17) is 4.74 Å². The van der Waals surface area contributed by atoms with E-state index in [1.165, 1.54) is 5.56 Å². The highest BCUT2D eigenvalue weighted by atomic mass is 16.5. The second-order valence-corrected chi connectivity index (χ2v) is 2.96. The van der Waals surface area contributed by atoms with Gasteiger partial charge in [-0.1, -0.05) is 37.3 Å². The van der Waals surface area contributed by atoms with Crippen molar-refractivity contribution in [3.8, 4) is 0 Å². The van der Waals surface area contributed by atoms with E-state index in [-0.39, 0.29) is 0 Å². The monoisotopic (exact) mass is 164 g/mol. The molecule has 1 unspecified atom stereocenters. The van der Waals surface area contributed by atoms with E-state index >= 15 is 0 Å². The molecule has 1 aromatic carbocycles. The Morgan fingerprint density at radius 1 is 1.25 bits per heavy atom. The van der Waals surface area contributed by atoms with Crippen LogP contribution in [-0.2, 0) is 11.2 Å². The van der Waals surface area contributed by atoms with Gasteiger partial charge < -0.3 is 4.74 Å². The first-order valence-electron chi connectivity index (χ1n) is 4.43. The Kier molecular flexibility index (Phi) is 3.81. The van der Waals surface area contributed by atoms with Crippen molar-refractivity contribution in [1.29, 1.82) is 0 Å². The fourth-order valence-electron chi connectivity index (χ4n) is 1.27. The molecule has 0 aliphatic carbocycles. The van der Waals surface area contributed by atoms with Crippen molar-refractivity contribution in [2.24, 2.45) is 0 Å². The number of benzene rings is 1. The largest absolute Gasteiger partial charge is 0.381 e. The van der Waals surface area contributed by atoms with Crippen LogP contribution in [0.15, 0.2) is 30.3 Å². The molecule has 0 aliphatic rings. The van der Waals surface area contributed by atoms with Crippen LogP contribution in [0.4, 0.5) is 0 Å². The van der Waals surface area contributed by atoms with Crippen LogP contribution in [0.1, 0.15) is 18.9 Å². The van der Waals surface area contributed by atoms with Gasteiger partial charge in [-0.15, -0.1) is 0 Å². The van der Waals surface area contributed by atoms with Crippen molar-refractivity contribution in [1.82, 2.24) is 0 Å². The smallest absolute Gasteiger partial charge is 0.0609 e. The molecule has 0 saturated heterocycles. The molecule has 1 aromatic rings. The first kappa shape index (κ1) is 9.27. The van der Waals surface area contributed by atoms with Crippen molar-refractivity contribution >= 4 is 0 Å². The Morgan fingerprint density at radius 3 is 2.42 bits per heavy atom. The summed E-state index contributed by atoms with van der Waals surface area (Å²) in [4.78, 5) is 0. The molecule has 1 nitrogen and oxygen atoms in total. The van der Waals surface area contributed by atoms with E-state index in [9.17, 15) is 0 Å². The maximum Gasteiger partial charge on any atom is 0.0609 e. The minimum Gasteiger partial charge on any atom is -0.381 e. The van der Waals surface area contributed by atoms with E-state index in [1.54, 1.807) is 7.11 Å². The van der Waals surface area contributed by atoms with Crippen molar-refractivity contribution in [2.75, 3.05) is 7.11 Å². The van der Waals surface area contributed by atoms with Gasteiger partial charge in [0.05, 0.1) is 6.10 Å². The molecule has 0 radical (unpaired) electrons. The molecule has 1 atom stereocenters. The van der Waals surface area contributed by atoms with Crippen LogP contribution < -0.4 is 0 Å². The fraction of sp³-hybridized carbons (Fsp3) is 0.455. The van der Waals surface area contributed by atoms with Crippen LogP contribution in [0.25, 0.3) is 0 Å². The van der Waals surface area contributed by atoms with Crippen LogP contribution in [0, 0.1) is 0 Å². The fourth-order valence-corrected chi connectivity index (χ4v) is 1.27. The van der Waals surface area contributed by atoms with Crippen LogP contribution in [0.2, 0.25) is 0 Å². The van der Waals surface area contributed by atoms with Crippen molar-refractivity contribution < 1.29 is 4.74 Å². The molecule has 0 bridgehead atoms. The number of hydrogen-bond donors (Lipinski definition) is 0. The highest BCUT2D eigenvalue weighted by Gasteiger charge is 2.03. The SMILES string of the molecule is CCC(Cc1ccccc1)OC. The summed E-state index contributed by atoms with van der Waals surface area (Å²) in [6.07, 6.45) is 2.46. The number of hydrogen-bond acceptors (Lipinski definition) is 1. The average molecular weight is 164 g/mol. The summed E-state index contributed by atoms with van der Waals surface area (Å²) in [5, 5.41) is 0. The number of ether oxygens (including phenoxy) is 1. The minimum absolute atomic E-state index is 0.368. The summed E-state index contributed by atoms with van der Waals surface area (Å²) in [7, 11) is 1.77. The molecule has 1 heteroatoms. The summed E-state index contributed by atoms with van der Waals surface area (Å²) < 4.78 is 5.30. The molecule has 0 heterocycles. The minimum atomic E-state index is 0.368. The molecular weight excluding hydrogens is 148 g/mol. The Balaban J connectivity index is 2.51. The van der Waals surface area contributed by atoms with Crippen LogP contribution in [-0.4, -0.2) is 13.2 Å². The molecule has 0 N–H and O–H groups in total. The zero-order valence-corrected chi connectivity index (χ0v) is 7.79. The van der Waals surface area contributed by atoms with Crippen molar-refractivity contribution in [3.63, 3.8) is 0 Å². The molecule has 0 aliphatic heterocycles. The Hall–Kier alpha value is -0.820. The lowest BCUT2D eigenvalue weighted by atomic mass is 10.1. The summed E-state index contributed by atoms with van der Waals surface area (Å²) in [5.74, 6) is 0. The zero-order chi connectivity index (χ0) is 8.81. The highest BCUT2D eigenvalue weighted by Crippen LogP contribution is 2.07. The Bertz CT molecular complexity index is 202. The zero-order valence-electron chi connectivity index (χ0n) is 7.79. The molecule has 0 amide bonds. The average Bonchev–Trinajstić information content (AvgIpc) is 2.16. The molecule has 0 fully saturated rings. The molecule has 12 heavy (non-hydrogen) atoms. The highest BCUT2D eigenvalue weighted by molar-refractivity contribution is 5.15. The van der Waals surface area contributed by atoms with Gasteiger partial charge >= 0.3 is 0 Å². The third-order valence-electron chi connectivity index (χ3n) is 2.09. The van der Waals surface area contributed by atoms with Gasteiger partial charge in [-0.25, -0.2) is 0 Å². The first-order chi connectivity index (χ1) is 5.86. The summed E-state index contributed by atoms with van der Waals surface area (Å²) in [5.41, 5.74) is 1.35.